The van der Waals surface area contributed by atoms with Crippen molar-refractivity contribution in [2.24, 2.45) is 5.92 Å². The molecule has 1 rings (SSSR count). The average molecular weight is 306 g/mol. The highest BCUT2D eigenvalue weighted by Crippen LogP contribution is 2.32. The zero-order valence-corrected chi connectivity index (χ0v) is 13.4. The standard InChI is InChI=1S/C17H22O5/c1-6-14(21-12(4)18)13-7-8-15(16(10-13)20-5)22-17(19)9-11(2)3/h6-8,10-11,14H,1,9H2,2-5H3/t14-/m0/s1. The summed E-state index contributed by atoms with van der Waals surface area (Å²) in [5.41, 5.74) is 0.686. The van der Waals surface area contributed by atoms with Gasteiger partial charge in [-0.2, -0.15) is 0 Å². The van der Waals surface area contributed by atoms with Crippen molar-refractivity contribution in [2.45, 2.75) is 33.3 Å². The lowest BCUT2D eigenvalue weighted by atomic mass is 10.1. The van der Waals surface area contributed by atoms with Gasteiger partial charge in [0.05, 0.1) is 7.11 Å². The van der Waals surface area contributed by atoms with Crippen LogP contribution in [0.1, 0.15) is 38.9 Å². The van der Waals surface area contributed by atoms with Gasteiger partial charge in [0.15, 0.2) is 11.5 Å². The molecule has 0 saturated carbocycles. The molecule has 0 radical (unpaired) electrons. The van der Waals surface area contributed by atoms with Gasteiger partial charge >= 0.3 is 11.9 Å². The van der Waals surface area contributed by atoms with E-state index in [-0.39, 0.29) is 11.9 Å². The smallest absolute Gasteiger partial charge is 0.311 e. The summed E-state index contributed by atoms with van der Waals surface area (Å²) in [5.74, 6) is 0.223. The monoisotopic (exact) mass is 306 g/mol. The molecule has 1 aromatic rings. The quantitative estimate of drug-likeness (QED) is 0.439. The number of hydrogen-bond donors (Lipinski definition) is 0. The van der Waals surface area contributed by atoms with Gasteiger partial charge in [-0.3, -0.25) is 9.59 Å². The summed E-state index contributed by atoms with van der Waals surface area (Å²) in [6.45, 7) is 8.85. The van der Waals surface area contributed by atoms with Crippen molar-refractivity contribution >= 4 is 11.9 Å². The molecule has 0 aliphatic heterocycles. The summed E-state index contributed by atoms with van der Waals surface area (Å²) in [6.07, 6.45) is 1.26. The molecule has 1 atom stereocenters. The number of hydrogen-bond acceptors (Lipinski definition) is 5. The SMILES string of the molecule is C=C[C@H](OC(C)=O)c1ccc(OC(=O)CC(C)C)c(OC)c1. The van der Waals surface area contributed by atoms with E-state index >= 15 is 0 Å². The van der Waals surface area contributed by atoms with Gasteiger partial charge in [-0.25, -0.2) is 0 Å². The van der Waals surface area contributed by atoms with Crippen LogP contribution in [0.5, 0.6) is 11.5 Å². The molecule has 0 heterocycles. The van der Waals surface area contributed by atoms with Gasteiger partial charge in [0.1, 0.15) is 6.10 Å². The molecule has 120 valence electrons. The lowest BCUT2D eigenvalue weighted by molar-refractivity contribution is -0.144. The van der Waals surface area contributed by atoms with Crippen molar-refractivity contribution in [2.75, 3.05) is 7.11 Å². The topological polar surface area (TPSA) is 61.8 Å². The van der Waals surface area contributed by atoms with E-state index in [2.05, 4.69) is 6.58 Å². The first-order valence-electron chi connectivity index (χ1n) is 7.05. The van der Waals surface area contributed by atoms with Crippen LogP contribution in [-0.4, -0.2) is 19.0 Å². The van der Waals surface area contributed by atoms with Crippen LogP contribution in [-0.2, 0) is 14.3 Å². The van der Waals surface area contributed by atoms with E-state index in [0.717, 1.165) is 0 Å². The van der Waals surface area contributed by atoms with E-state index in [1.807, 2.05) is 13.8 Å². The van der Waals surface area contributed by atoms with Gasteiger partial charge in [0, 0.05) is 18.9 Å². The predicted molar refractivity (Wildman–Crippen MR) is 82.8 cm³/mol. The normalized spacial score (nSPS) is 11.7. The molecule has 0 fully saturated rings. The van der Waals surface area contributed by atoms with E-state index in [1.165, 1.54) is 20.1 Å². The molecule has 22 heavy (non-hydrogen) atoms. The highest BCUT2D eigenvalue weighted by Gasteiger charge is 2.16. The van der Waals surface area contributed by atoms with Crippen LogP contribution in [0.15, 0.2) is 30.9 Å². The Balaban J connectivity index is 2.97. The van der Waals surface area contributed by atoms with Crippen molar-refractivity contribution in [3.8, 4) is 11.5 Å². The third-order valence-electron chi connectivity index (χ3n) is 2.82. The summed E-state index contributed by atoms with van der Waals surface area (Å²) in [4.78, 5) is 22.8. The van der Waals surface area contributed by atoms with Gasteiger partial charge in [-0.05, 0) is 24.1 Å². The maximum absolute atomic E-state index is 11.7. The molecule has 5 heteroatoms. The van der Waals surface area contributed by atoms with Gasteiger partial charge in [-0.1, -0.05) is 26.5 Å². The highest BCUT2D eigenvalue weighted by atomic mass is 16.6. The van der Waals surface area contributed by atoms with Crippen LogP contribution in [0.2, 0.25) is 0 Å². The fourth-order valence-electron chi connectivity index (χ4n) is 1.87. The Morgan fingerprint density at radius 2 is 1.95 bits per heavy atom. The number of carbonyl (C=O) groups is 2. The molecule has 1 aromatic carbocycles. The summed E-state index contributed by atoms with van der Waals surface area (Å²) < 4.78 is 15.7. The van der Waals surface area contributed by atoms with Gasteiger partial charge < -0.3 is 14.2 Å². The highest BCUT2D eigenvalue weighted by molar-refractivity contribution is 5.73. The molecular weight excluding hydrogens is 284 g/mol. The van der Waals surface area contributed by atoms with Crippen molar-refractivity contribution in [1.29, 1.82) is 0 Å². The summed E-state index contributed by atoms with van der Waals surface area (Å²) in [6, 6.07) is 4.98. The Kier molecular flexibility index (Phi) is 6.63. The van der Waals surface area contributed by atoms with Crippen LogP contribution >= 0.6 is 0 Å². The Bertz CT molecular complexity index is 548. The molecule has 0 aliphatic carbocycles. The first-order valence-corrected chi connectivity index (χ1v) is 7.05. The zero-order chi connectivity index (χ0) is 16.7. The molecule has 0 bridgehead atoms. The molecule has 0 aliphatic rings. The van der Waals surface area contributed by atoms with Gasteiger partial charge in [0.2, 0.25) is 0 Å². The number of ether oxygens (including phenoxy) is 3. The molecule has 0 N–H and O–H groups in total. The Hall–Kier alpha value is -2.30. The van der Waals surface area contributed by atoms with Crippen LogP contribution in [0.4, 0.5) is 0 Å². The molecule has 0 unspecified atom stereocenters. The fraction of sp³-hybridized carbons (Fsp3) is 0.412. The summed E-state index contributed by atoms with van der Waals surface area (Å²) in [5, 5.41) is 0. The minimum atomic E-state index is -0.577. The second-order valence-corrected chi connectivity index (χ2v) is 5.25. The number of benzene rings is 1. The number of esters is 2. The third-order valence-corrected chi connectivity index (χ3v) is 2.82. The lowest BCUT2D eigenvalue weighted by Gasteiger charge is -2.16. The van der Waals surface area contributed by atoms with Crippen molar-refractivity contribution in [3.05, 3.63) is 36.4 Å². The second kappa shape index (κ2) is 8.22. The minimum Gasteiger partial charge on any atom is -0.493 e. The van der Waals surface area contributed by atoms with E-state index in [1.54, 1.807) is 18.2 Å². The van der Waals surface area contributed by atoms with E-state index in [9.17, 15) is 9.59 Å². The number of carbonyl (C=O) groups excluding carboxylic acids is 2. The van der Waals surface area contributed by atoms with Crippen LogP contribution < -0.4 is 9.47 Å². The second-order valence-electron chi connectivity index (χ2n) is 5.25. The Morgan fingerprint density at radius 3 is 2.45 bits per heavy atom. The van der Waals surface area contributed by atoms with E-state index in [0.29, 0.717) is 23.5 Å². The average Bonchev–Trinajstić information content (AvgIpc) is 2.44. The van der Waals surface area contributed by atoms with Crippen LogP contribution in [0, 0.1) is 5.92 Å². The van der Waals surface area contributed by atoms with Crippen molar-refractivity contribution in [3.63, 3.8) is 0 Å². The molecule has 0 amide bonds. The number of rotatable bonds is 7. The first-order chi connectivity index (χ1) is 10.4. The Morgan fingerprint density at radius 1 is 1.27 bits per heavy atom. The summed E-state index contributed by atoms with van der Waals surface area (Å²) >= 11 is 0. The molecule has 0 saturated heterocycles. The summed E-state index contributed by atoms with van der Waals surface area (Å²) in [7, 11) is 1.48. The molecular formula is C17H22O5. The van der Waals surface area contributed by atoms with Gasteiger partial charge in [0.25, 0.3) is 0 Å². The molecule has 0 spiro atoms. The predicted octanol–water partition coefficient (Wildman–Crippen LogP) is 3.44. The van der Waals surface area contributed by atoms with Crippen molar-refractivity contribution < 1.29 is 23.8 Å². The van der Waals surface area contributed by atoms with Crippen molar-refractivity contribution in [1.82, 2.24) is 0 Å². The maximum atomic E-state index is 11.7. The van der Waals surface area contributed by atoms with Crippen LogP contribution in [0.25, 0.3) is 0 Å². The molecule has 5 nitrogen and oxygen atoms in total. The first kappa shape index (κ1) is 17.8. The van der Waals surface area contributed by atoms with Crippen LogP contribution in [0.3, 0.4) is 0 Å². The zero-order valence-electron chi connectivity index (χ0n) is 13.4. The fourth-order valence-corrected chi connectivity index (χ4v) is 1.87. The van der Waals surface area contributed by atoms with Gasteiger partial charge in [-0.15, -0.1) is 0 Å². The Labute approximate surface area is 130 Å². The largest absolute Gasteiger partial charge is 0.493 e. The third kappa shape index (κ3) is 5.24. The van der Waals surface area contributed by atoms with E-state index in [4.69, 9.17) is 14.2 Å². The minimum absolute atomic E-state index is 0.215. The number of methoxy groups -OCH3 is 1. The maximum Gasteiger partial charge on any atom is 0.311 e. The molecule has 0 aromatic heterocycles. The lowest BCUT2D eigenvalue weighted by Crippen LogP contribution is -2.12. The van der Waals surface area contributed by atoms with E-state index < -0.39 is 12.1 Å².